The maximum Gasteiger partial charge on any atom is 0.0674 e. The Kier molecular flexibility index (Phi) is 4.55. The number of allylic oxidation sites excluding steroid dienone is 1. The molecule has 0 fully saturated rings. The molecule has 0 radical (unpaired) electrons. The van der Waals surface area contributed by atoms with E-state index in [1.165, 1.54) is 10.4 Å². The molecule has 0 aliphatic carbocycles. The summed E-state index contributed by atoms with van der Waals surface area (Å²) in [4.78, 5) is 0.276. The summed E-state index contributed by atoms with van der Waals surface area (Å²) in [6.45, 7) is 9.58. The topological polar surface area (TPSA) is 43.7 Å². The zero-order valence-corrected chi connectivity index (χ0v) is 8.47. The van der Waals surface area contributed by atoms with Gasteiger partial charge in [-0.3, -0.25) is 9.11 Å². The van der Waals surface area contributed by atoms with Crippen molar-refractivity contribution >= 4 is 10.8 Å². The van der Waals surface area contributed by atoms with Crippen LogP contribution in [0.4, 0.5) is 0 Å². The van der Waals surface area contributed by atoms with Crippen LogP contribution in [-0.4, -0.2) is 27.0 Å². The van der Waals surface area contributed by atoms with Gasteiger partial charge in [0.1, 0.15) is 0 Å². The van der Waals surface area contributed by atoms with Crippen molar-refractivity contribution in [2.75, 3.05) is 13.6 Å². The van der Waals surface area contributed by atoms with E-state index in [0.717, 1.165) is 6.42 Å². The summed E-state index contributed by atoms with van der Waals surface area (Å²) in [6, 6.07) is 0. The minimum atomic E-state index is -2.83. The Bertz CT molecular complexity index is 180. The van der Waals surface area contributed by atoms with Gasteiger partial charge in [-0.15, -0.1) is 10.8 Å². The second kappa shape index (κ2) is 4.67. The molecule has 0 aromatic rings. The van der Waals surface area contributed by atoms with E-state index in [-0.39, 0.29) is 4.91 Å². The van der Waals surface area contributed by atoms with Crippen LogP contribution in [0.1, 0.15) is 13.3 Å². The molecule has 12 heavy (non-hydrogen) atoms. The minimum Gasteiger partial charge on any atom is -0.281 e. The van der Waals surface area contributed by atoms with E-state index in [9.17, 15) is 9.11 Å². The summed E-state index contributed by atoms with van der Waals surface area (Å²) in [5.41, 5.74) is 0. The number of nitrogens with zero attached hydrogens (tertiary/aromatic N) is 1. The highest BCUT2D eigenvalue weighted by atomic mass is 32.3. The highest BCUT2D eigenvalue weighted by Crippen LogP contribution is 2.49. The van der Waals surface area contributed by atoms with Gasteiger partial charge in [0, 0.05) is 13.6 Å². The van der Waals surface area contributed by atoms with Gasteiger partial charge in [0.2, 0.25) is 0 Å². The van der Waals surface area contributed by atoms with Crippen molar-refractivity contribution in [3.8, 4) is 0 Å². The van der Waals surface area contributed by atoms with E-state index in [1.807, 2.05) is 6.92 Å². The van der Waals surface area contributed by atoms with E-state index >= 15 is 0 Å². The van der Waals surface area contributed by atoms with Gasteiger partial charge in [0.25, 0.3) is 0 Å². The molecule has 0 aromatic heterocycles. The van der Waals surface area contributed by atoms with Crippen LogP contribution in [0, 0.1) is 0 Å². The van der Waals surface area contributed by atoms with Crippen molar-refractivity contribution in [3.63, 3.8) is 0 Å². The fourth-order valence-electron chi connectivity index (χ4n) is 0.754. The van der Waals surface area contributed by atoms with Gasteiger partial charge in [-0.25, -0.2) is 4.31 Å². The highest BCUT2D eigenvalue weighted by molar-refractivity contribution is 8.25. The van der Waals surface area contributed by atoms with Gasteiger partial charge in [0.15, 0.2) is 0 Å². The molecule has 0 bridgehead atoms. The molecule has 0 heterocycles. The summed E-state index contributed by atoms with van der Waals surface area (Å²) in [5.74, 6) is 0. The lowest BCUT2D eigenvalue weighted by atomic mass is 10.5. The molecule has 0 aliphatic heterocycles. The van der Waals surface area contributed by atoms with Crippen LogP contribution in [0.25, 0.3) is 0 Å². The maximum atomic E-state index is 9.58. The Morgan fingerprint density at radius 2 is 2.08 bits per heavy atom. The molecule has 0 spiro atoms. The van der Waals surface area contributed by atoms with Gasteiger partial charge in [0.05, 0.1) is 4.91 Å². The lowest BCUT2D eigenvalue weighted by Gasteiger charge is -2.40. The molecule has 0 rings (SSSR count). The lowest BCUT2D eigenvalue weighted by Crippen LogP contribution is -2.24. The first-order valence-electron chi connectivity index (χ1n) is 3.77. The van der Waals surface area contributed by atoms with Crippen LogP contribution in [0.5, 0.6) is 0 Å². The normalized spacial score (nSPS) is 13.1. The van der Waals surface area contributed by atoms with Crippen molar-refractivity contribution in [2.24, 2.45) is 0 Å². The molecule has 0 saturated carbocycles. The largest absolute Gasteiger partial charge is 0.281 e. The van der Waals surface area contributed by atoms with E-state index in [4.69, 9.17) is 0 Å². The molecule has 3 nitrogen and oxygen atoms in total. The Labute approximate surface area is 75.9 Å². The Morgan fingerprint density at radius 1 is 1.58 bits per heavy atom. The molecule has 4 heteroatoms. The van der Waals surface area contributed by atoms with Gasteiger partial charge in [-0.05, 0) is 12.5 Å². The Hall–Kier alpha value is -0.290. The summed E-state index contributed by atoms with van der Waals surface area (Å²) in [7, 11) is -1.17. The molecular formula is C8H17NO2S. The molecule has 0 aromatic carbocycles. The fraction of sp³-hybridized carbons (Fsp3) is 0.500. The summed E-state index contributed by atoms with van der Waals surface area (Å²) >= 11 is 0. The summed E-state index contributed by atoms with van der Waals surface area (Å²) < 4.78 is 20.7. The first-order valence-corrected chi connectivity index (χ1v) is 5.28. The van der Waals surface area contributed by atoms with Crippen LogP contribution in [-0.2, 0) is 0 Å². The monoisotopic (exact) mass is 191 g/mol. The highest BCUT2D eigenvalue weighted by Gasteiger charge is 2.19. The zero-order chi connectivity index (χ0) is 9.78. The smallest absolute Gasteiger partial charge is 0.0674 e. The van der Waals surface area contributed by atoms with Gasteiger partial charge >= 0.3 is 0 Å². The van der Waals surface area contributed by atoms with E-state index < -0.39 is 10.8 Å². The van der Waals surface area contributed by atoms with Crippen LogP contribution in [0.2, 0.25) is 0 Å². The van der Waals surface area contributed by atoms with Gasteiger partial charge < -0.3 is 0 Å². The average Bonchev–Trinajstić information content (AvgIpc) is 2.03. The second-order valence-corrected chi connectivity index (χ2v) is 4.73. The summed E-state index contributed by atoms with van der Waals surface area (Å²) in [6.07, 6.45) is 2.25. The maximum absolute atomic E-state index is 9.58. The van der Waals surface area contributed by atoms with Gasteiger partial charge in [-0.2, -0.15) is 0 Å². The number of hydrogen-bond donors (Lipinski definition) is 2. The third-order valence-electron chi connectivity index (χ3n) is 1.55. The van der Waals surface area contributed by atoms with Crippen molar-refractivity contribution in [2.45, 2.75) is 13.3 Å². The molecule has 0 saturated heterocycles. The SMILES string of the molecule is C=CC(=C)S(O)(O)N(C)CCC. The predicted octanol–water partition coefficient (Wildman–Crippen LogP) is 2.69. The van der Waals surface area contributed by atoms with Crippen molar-refractivity contribution in [3.05, 3.63) is 24.1 Å². The molecule has 2 N–H and O–H groups in total. The Morgan fingerprint density at radius 3 is 2.42 bits per heavy atom. The molecule has 0 aliphatic rings. The molecule has 0 unspecified atom stereocenters. The van der Waals surface area contributed by atoms with Crippen molar-refractivity contribution in [1.29, 1.82) is 0 Å². The molecule has 0 amide bonds. The fourth-order valence-corrected chi connectivity index (χ4v) is 1.82. The Balaban J connectivity index is 4.36. The van der Waals surface area contributed by atoms with Crippen molar-refractivity contribution in [1.82, 2.24) is 4.31 Å². The van der Waals surface area contributed by atoms with Crippen molar-refractivity contribution < 1.29 is 9.11 Å². The van der Waals surface area contributed by atoms with E-state index in [0.29, 0.717) is 6.54 Å². The average molecular weight is 191 g/mol. The number of rotatable bonds is 5. The van der Waals surface area contributed by atoms with Crippen LogP contribution in [0.3, 0.4) is 0 Å². The first kappa shape index (κ1) is 11.7. The third kappa shape index (κ3) is 2.64. The van der Waals surface area contributed by atoms with E-state index in [1.54, 1.807) is 7.05 Å². The number of hydrogen-bond acceptors (Lipinski definition) is 3. The van der Waals surface area contributed by atoms with Gasteiger partial charge in [-0.1, -0.05) is 20.1 Å². The van der Waals surface area contributed by atoms with Crippen LogP contribution in [0.15, 0.2) is 24.1 Å². The minimum absolute atomic E-state index is 0.276. The van der Waals surface area contributed by atoms with E-state index in [2.05, 4.69) is 13.2 Å². The zero-order valence-electron chi connectivity index (χ0n) is 7.66. The van der Waals surface area contributed by atoms with Crippen LogP contribution >= 0.6 is 10.8 Å². The standard InChI is InChI=1S/C8H17NO2S/c1-5-7-9(4)12(10,11)8(3)6-2/h6,10-11H,2-3,5,7H2,1,4H3. The first-order chi connectivity index (χ1) is 5.46. The molecule has 0 atom stereocenters. The summed E-state index contributed by atoms with van der Waals surface area (Å²) in [5, 5.41) is 0. The van der Waals surface area contributed by atoms with Crippen LogP contribution < -0.4 is 0 Å². The third-order valence-corrected chi connectivity index (χ3v) is 3.47. The molecular weight excluding hydrogens is 174 g/mol. The molecule has 72 valence electrons. The second-order valence-electron chi connectivity index (χ2n) is 2.54. The lowest BCUT2D eigenvalue weighted by molar-refractivity contribution is 0.392. The quantitative estimate of drug-likeness (QED) is 0.657. The predicted molar refractivity (Wildman–Crippen MR) is 55.1 cm³/mol.